The van der Waals surface area contributed by atoms with E-state index in [2.05, 4.69) is 5.10 Å². The third-order valence-electron chi connectivity index (χ3n) is 4.92. The molecule has 1 heterocycles. The van der Waals surface area contributed by atoms with E-state index < -0.39 is 41.1 Å². The van der Waals surface area contributed by atoms with Gasteiger partial charge in [-0.2, -0.15) is 5.10 Å². The Balaban J connectivity index is 2.09. The highest BCUT2D eigenvalue weighted by molar-refractivity contribution is 8.15. The molecular formula is C22H23F2N3O4S. The lowest BCUT2D eigenvalue weighted by Crippen LogP contribution is -2.46. The van der Waals surface area contributed by atoms with Gasteiger partial charge in [0.25, 0.3) is 5.91 Å². The molecule has 2 aromatic carbocycles. The average molecular weight is 464 g/mol. The van der Waals surface area contributed by atoms with Crippen LogP contribution in [-0.2, 0) is 19.2 Å². The van der Waals surface area contributed by atoms with Crippen molar-refractivity contribution in [1.29, 1.82) is 0 Å². The lowest BCUT2D eigenvalue weighted by Gasteiger charge is -2.37. The van der Waals surface area contributed by atoms with Gasteiger partial charge < -0.3 is 15.6 Å². The second kappa shape index (κ2) is 10.2. The van der Waals surface area contributed by atoms with Crippen LogP contribution in [0, 0.1) is 11.6 Å². The number of aliphatic carboxylic acids is 1. The van der Waals surface area contributed by atoms with Crippen LogP contribution in [0.2, 0.25) is 0 Å². The molecule has 0 saturated heterocycles. The average Bonchev–Trinajstić information content (AvgIpc) is 3.18. The number of benzene rings is 2. The maximum absolute atomic E-state index is 14.5. The standard InChI is InChI=1S/C22H23F2N3O4S/c1-14(31-13-19(28)29)21(30)27-22(10-5-11-25,15-6-3-2-4-7-15)32-20(26-27)17-12-16(23)8-9-18(17)24/h2-4,6-9,12,14H,5,10-11,13,25H2,1H3,(H,28,29)/t14-,22?/m0/s1. The third-order valence-corrected chi connectivity index (χ3v) is 6.36. The number of nitrogens with zero attached hydrogens (tertiary/aromatic N) is 2. The second-order valence-electron chi connectivity index (χ2n) is 7.17. The molecule has 2 aromatic rings. The third kappa shape index (κ3) is 4.98. The Kier molecular flexibility index (Phi) is 7.60. The van der Waals surface area contributed by atoms with Crippen LogP contribution in [0.5, 0.6) is 0 Å². The van der Waals surface area contributed by atoms with Crippen molar-refractivity contribution in [3.63, 3.8) is 0 Å². The topological polar surface area (TPSA) is 105 Å². The highest BCUT2D eigenvalue weighted by atomic mass is 32.2. The molecule has 10 heteroatoms. The quantitative estimate of drug-likeness (QED) is 0.591. The summed E-state index contributed by atoms with van der Waals surface area (Å²) in [7, 11) is 0. The Labute approximate surface area is 188 Å². The van der Waals surface area contributed by atoms with E-state index in [1.54, 1.807) is 12.1 Å². The number of hydrazone groups is 1. The number of halogens is 2. The molecule has 0 saturated carbocycles. The van der Waals surface area contributed by atoms with Crippen LogP contribution in [0.1, 0.15) is 30.9 Å². The van der Waals surface area contributed by atoms with Crippen LogP contribution in [0.4, 0.5) is 8.78 Å². The molecule has 0 bridgehead atoms. The van der Waals surface area contributed by atoms with Crippen molar-refractivity contribution in [3.05, 3.63) is 71.3 Å². The number of carbonyl (C=O) groups excluding carboxylic acids is 1. The summed E-state index contributed by atoms with van der Waals surface area (Å²) in [6.07, 6.45) is -0.239. The smallest absolute Gasteiger partial charge is 0.329 e. The van der Waals surface area contributed by atoms with Gasteiger partial charge in [-0.15, -0.1) is 0 Å². The number of ether oxygens (including phenoxy) is 1. The predicted octanol–water partition coefficient (Wildman–Crippen LogP) is 3.28. The van der Waals surface area contributed by atoms with Gasteiger partial charge in [-0.05, 0) is 50.1 Å². The first kappa shape index (κ1) is 23.8. The molecule has 1 aliphatic heterocycles. The van der Waals surface area contributed by atoms with Crippen molar-refractivity contribution >= 4 is 28.7 Å². The largest absolute Gasteiger partial charge is 0.480 e. The predicted molar refractivity (Wildman–Crippen MR) is 117 cm³/mol. The highest BCUT2D eigenvalue weighted by Gasteiger charge is 2.49. The highest BCUT2D eigenvalue weighted by Crippen LogP contribution is 2.50. The van der Waals surface area contributed by atoms with Crippen molar-refractivity contribution in [2.45, 2.75) is 30.7 Å². The van der Waals surface area contributed by atoms with Crippen LogP contribution < -0.4 is 5.73 Å². The zero-order chi connectivity index (χ0) is 23.3. The zero-order valence-corrected chi connectivity index (χ0v) is 18.1. The zero-order valence-electron chi connectivity index (χ0n) is 17.3. The Bertz CT molecular complexity index is 1020. The summed E-state index contributed by atoms with van der Waals surface area (Å²) in [5.41, 5.74) is 6.39. The van der Waals surface area contributed by atoms with Crippen LogP contribution >= 0.6 is 11.8 Å². The Morgan fingerprint density at radius 3 is 2.62 bits per heavy atom. The monoisotopic (exact) mass is 463 g/mol. The van der Waals surface area contributed by atoms with Gasteiger partial charge in [0, 0.05) is 5.56 Å². The number of rotatable bonds is 9. The first-order chi connectivity index (χ1) is 15.3. The molecule has 3 N–H and O–H groups in total. The fourth-order valence-electron chi connectivity index (χ4n) is 3.36. The molecule has 0 fully saturated rings. The van der Waals surface area contributed by atoms with E-state index in [0.29, 0.717) is 24.9 Å². The molecule has 170 valence electrons. The van der Waals surface area contributed by atoms with Crippen molar-refractivity contribution in [3.8, 4) is 0 Å². The molecule has 1 unspecified atom stereocenters. The van der Waals surface area contributed by atoms with Gasteiger partial charge in [0.15, 0.2) is 0 Å². The number of nitrogens with two attached hydrogens (primary N) is 1. The van der Waals surface area contributed by atoms with E-state index in [4.69, 9.17) is 15.6 Å². The maximum atomic E-state index is 14.5. The van der Waals surface area contributed by atoms with Crippen LogP contribution in [0.3, 0.4) is 0 Å². The number of amides is 1. The molecule has 3 rings (SSSR count). The Morgan fingerprint density at radius 1 is 1.25 bits per heavy atom. The van der Waals surface area contributed by atoms with Gasteiger partial charge in [-0.25, -0.2) is 18.6 Å². The van der Waals surface area contributed by atoms with Crippen LogP contribution in [0.25, 0.3) is 0 Å². The summed E-state index contributed by atoms with van der Waals surface area (Å²) >= 11 is 1.13. The van der Waals surface area contributed by atoms with Gasteiger partial charge in [0.2, 0.25) is 0 Å². The number of hydrogen-bond acceptors (Lipinski definition) is 6. The number of carbonyl (C=O) groups is 2. The maximum Gasteiger partial charge on any atom is 0.329 e. The summed E-state index contributed by atoms with van der Waals surface area (Å²) < 4.78 is 33.6. The number of hydrogen-bond donors (Lipinski definition) is 2. The lowest BCUT2D eigenvalue weighted by molar-refractivity contribution is -0.153. The van der Waals surface area contributed by atoms with Crippen LogP contribution in [-0.4, -0.2) is 46.3 Å². The van der Waals surface area contributed by atoms with E-state index in [1.165, 1.54) is 11.9 Å². The van der Waals surface area contributed by atoms with E-state index in [0.717, 1.165) is 30.0 Å². The SMILES string of the molecule is C[C@H](OCC(=O)O)C(=O)N1N=C(c2cc(F)ccc2F)SC1(CCCN)c1ccccc1. The summed E-state index contributed by atoms with van der Waals surface area (Å²) in [6.45, 7) is 1.10. The van der Waals surface area contributed by atoms with Gasteiger partial charge in [0.1, 0.15) is 34.3 Å². The minimum absolute atomic E-state index is 0.0718. The van der Waals surface area contributed by atoms with Crippen molar-refractivity contribution in [2.24, 2.45) is 10.8 Å². The lowest BCUT2D eigenvalue weighted by atomic mass is 10.00. The summed E-state index contributed by atoms with van der Waals surface area (Å²) in [5.74, 6) is -3.14. The molecule has 1 aliphatic rings. The summed E-state index contributed by atoms with van der Waals surface area (Å²) in [6, 6.07) is 12.1. The molecule has 32 heavy (non-hydrogen) atoms. The number of carboxylic acid groups (broad SMARTS) is 1. The minimum Gasteiger partial charge on any atom is -0.480 e. The fourth-order valence-corrected chi connectivity index (χ4v) is 4.78. The van der Waals surface area contributed by atoms with Crippen molar-refractivity contribution in [2.75, 3.05) is 13.2 Å². The second-order valence-corrected chi connectivity index (χ2v) is 8.44. The molecule has 0 aliphatic carbocycles. The van der Waals surface area contributed by atoms with Gasteiger partial charge in [-0.1, -0.05) is 42.1 Å². The summed E-state index contributed by atoms with van der Waals surface area (Å²) in [5, 5.41) is 14.6. The van der Waals surface area contributed by atoms with E-state index >= 15 is 0 Å². The Morgan fingerprint density at radius 2 is 1.97 bits per heavy atom. The van der Waals surface area contributed by atoms with Crippen LogP contribution in [0.15, 0.2) is 53.6 Å². The number of thioether (sulfide) groups is 1. The molecule has 1 amide bonds. The minimum atomic E-state index is -1.22. The molecule has 0 radical (unpaired) electrons. The summed E-state index contributed by atoms with van der Waals surface area (Å²) in [4.78, 5) is 23.1. The van der Waals surface area contributed by atoms with Gasteiger partial charge in [-0.3, -0.25) is 4.79 Å². The molecule has 0 aromatic heterocycles. The molecule has 7 nitrogen and oxygen atoms in total. The first-order valence-electron chi connectivity index (χ1n) is 9.94. The fraction of sp³-hybridized carbons (Fsp3) is 0.318. The Hall–Kier alpha value is -2.82. The molecular weight excluding hydrogens is 440 g/mol. The number of carboxylic acids is 1. The normalized spacial score (nSPS) is 19.0. The van der Waals surface area contributed by atoms with E-state index in [1.807, 2.05) is 18.2 Å². The van der Waals surface area contributed by atoms with Crippen molar-refractivity contribution in [1.82, 2.24) is 5.01 Å². The van der Waals surface area contributed by atoms with Crippen molar-refractivity contribution < 1.29 is 28.2 Å². The molecule has 0 spiro atoms. The molecule has 2 atom stereocenters. The van der Waals surface area contributed by atoms with Gasteiger partial charge >= 0.3 is 5.97 Å². The first-order valence-corrected chi connectivity index (χ1v) is 10.8. The van der Waals surface area contributed by atoms with E-state index in [9.17, 15) is 18.4 Å². The van der Waals surface area contributed by atoms with E-state index in [-0.39, 0.29) is 10.6 Å². The van der Waals surface area contributed by atoms with Gasteiger partial charge in [0.05, 0.1) is 0 Å².